The minimum atomic E-state index is 0.0885. The summed E-state index contributed by atoms with van der Waals surface area (Å²) in [4.78, 5) is 8.25. The van der Waals surface area contributed by atoms with E-state index in [1.54, 1.807) is 0 Å². The quantitative estimate of drug-likeness (QED) is 0.158. The minimum Gasteiger partial charge on any atom is -0.354 e. The van der Waals surface area contributed by atoms with Crippen LogP contribution in [0, 0.1) is 0 Å². The maximum absolute atomic E-state index is 3.76. The lowest BCUT2D eigenvalue weighted by atomic mass is 9.83. The molecule has 0 amide bonds. The van der Waals surface area contributed by atoms with E-state index < -0.39 is 0 Å². The standard InChI is InChI=1S/C43H41N3/c1-4-5-14-33-29-34(30-40-39-19-12-13-20-41(39)44-43(33)40)42(31-21-25-37(26-22-31)45(2)35-15-8-6-9-16-35)32-23-27-38(28-24-32)46(3)36-17-10-7-11-18-36/h6-13,15-30,42,44H,4-5,14H2,1-3H3. The van der Waals surface area contributed by atoms with Gasteiger partial charge in [0.2, 0.25) is 0 Å². The van der Waals surface area contributed by atoms with Crippen molar-refractivity contribution in [2.24, 2.45) is 0 Å². The summed E-state index contributed by atoms with van der Waals surface area (Å²) >= 11 is 0. The van der Waals surface area contributed by atoms with Crippen molar-refractivity contribution in [1.82, 2.24) is 4.98 Å². The van der Waals surface area contributed by atoms with Crippen LogP contribution >= 0.6 is 0 Å². The minimum absolute atomic E-state index is 0.0885. The molecular formula is C43H41N3. The van der Waals surface area contributed by atoms with Gasteiger partial charge in [-0.05, 0) is 95.8 Å². The molecule has 0 atom stereocenters. The van der Waals surface area contributed by atoms with Gasteiger partial charge in [0.1, 0.15) is 0 Å². The average molecular weight is 600 g/mol. The topological polar surface area (TPSA) is 22.3 Å². The van der Waals surface area contributed by atoms with Crippen LogP contribution in [0.5, 0.6) is 0 Å². The zero-order valence-electron chi connectivity index (χ0n) is 26.9. The molecule has 7 aromatic rings. The third kappa shape index (κ3) is 5.77. The van der Waals surface area contributed by atoms with E-state index in [4.69, 9.17) is 0 Å². The predicted octanol–water partition coefficient (Wildman–Crippen LogP) is 11.4. The van der Waals surface area contributed by atoms with E-state index in [0.29, 0.717) is 0 Å². The maximum Gasteiger partial charge on any atom is 0.0497 e. The summed E-state index contributed by atoms with van der Waals surface area (Å²) in [6.07, 6.45) is 3.39. The number of para-hydroxylation sites is 3. The number of benzene rings is 6. The molecule has 0 bridgehead atoms. The van der Waals surface area contributed by atoms with Gasteiger partial charge < -0.3 is 14.8 Å². The van der Waals surface area contributed by atoms with E-state index in [0.717, 1.165) is 6.42 Å². The van der Waals surface area contributed by atoms with Gasteiger partial charge in [0.05, 0.1) is 0 Å². The zero-order valence-corrected chi connectivity index (χ0v) is 26.9. The van der Waals surface area contributed by atoms with Crippen molar-refractivity contribution in [2.45, 2.75) is 32.1 Å². The number of fused-ring (bicyclic) bond motifs is 3. The van der Waals surface area contributed by atoms with Crippen LogP contribution in [0.4, 0.5) is 22.7 Å². The predicted molar refractivity (Wildman–Crippen MR) is 197 cm³/mol. The second-order valence-corrected chi connectivity index (χ2v) is 12.3. The summed E-state index contributed by atoms with van der Waals surface area (Å²) < 4.78 is 0. The van der Waals surface area contributed by atoms with E-state index in [9.17, 15) is 0 Å². The molecule has 1 aromatic heterocycles. The lowest BCUT2D eigenvalue weighted by Gasteiger charge is -2.24. The molecule has 0 radical (unpaired) electrons. The molecule has 0 unspecified atom stereocenters. The number of aromatic amines is 1. The van der Waals surface area contributed by atoms with Crippen molar-refractivity contribution in [1.29, 1.82) is 0 Å². The number of hydrogen-bond donors (Lipinski definition) is 1. The van der Waals surface area contributed by atoms with Crippen molar-refractivity contribution < 1.29 is 0 Å². The highest BCUT2D eigenvalue weighted by atomic mass is 15.1. The summed E-state index contributed by atoms with van der Waals surface area (Å²) in [6.45, 7) is 2.27. The summed E-state index contributed by atoms with van der Waals surface area (Å²) in [6, 6.07) is 53.0. The fraction of sp³-hybridized carbons (Fsp3) is 0.163. The number of anilines is 4. The molecule has 3 heteroatoms. The normalized spacial score (nSPS) is 11.4. The Morgan fingerprint density at radius 3 is 1.57 bits per heavy atom. The Morgan fingerprint density at radius 2 is 1.02 bits per heavy atom. The van der Waals surface area contributed by atoms with E-state index in [2.05, 4.69) is 181 Å². The molecule has 0 aliphatic carbocycles. The number of nitrogens with zero attached hydrogens (tertiary/aromatic N) is 2. The summed E-state index contributed by atoms with van der Waals surface area (Å²) in [5.41, 5.74) is 12.5. The summed E-state index contributed by atoms with van der Waals surface area (Å²) in [5.74, 6) is 0.0885. The van der Waals surface area contributed by atoms with Crippen LogP contribution < -0.4 is 9.80 Å². The van der Waals surface area contributed by atoms with Crippen molar-refractivity contribution in [3.63, 3.8) is 0 Å². The van der Waals surface area contributed by atoms with Gasteiger partial charge in [-0.25, -0.2) is 0 Å². The molecule has 0 aliphatic heterocycles. The Labute approximate surface area is 272 Å². The number of rotatable bonds is 10. The largest absolute Gasteiger partial charge is 0.354 e. The zero-order chi connectivity index (χ0) is 31.5. The molecule has 0 aliphatic rings. The molecule has 46 heavy (non-hydrogen) atoms. The molecule has 0 fully saturated rings. The first-order valence-electron chi connectivity index (χ1n) is 16.4. The molecular weight excluding hydrogens is 558 g/mol. The van der Waals surface area contributed by atoms with E-state index >= 15 is 0 Å². The number of H-pyrrole nitrogens is 1. The monoisotopic (exact) mass is 599 g/mol. The molecule has 0 saturated heterocycles. The summed E-state index contributed by atoms with van der Waals surface area (Å²) in [7, 11) is 4.27. The Kier molecular flexibility index (Phi) is 8.31. The van der Waals surface area contributed by atoms with Crippen molar-refractivity contribution in [3.05, 3.63) is 168 Å². The van der Waals surface area contributed by atoms with Crippen LogP contribution in [-0.2, 0) is 6.42 Å². The van der Waals surface area contributed by atoms with Gasteiger partial charge >= 0.3 is 0 Å². The van der Waals surface area contributed by atoms with Gasteiger partial charge in [0, 0.05) is 64.6 Å². The second kappa shape index (κ2) is 13.0. The number of hydrogen-bond acceptors (Lipinski definition) is 2. The molecule has 7 rings (SSSR count). The Hall–Kier alpha value is -5.28. The fourth-order valence-corrected chi connectivity index (χ4v) is 6.74. The lowest BCUT2D eigenvalue weighted by molar-refractivity contribution is 0.796. The van der Waals surface area contributed by atoms with E-state index in [1.165, 1.54) is 79.7 Å². The fourth-order valence-electron chi connectivity index (χ4n) is 6.74. The van der Waals surface area contributed by atoms with Crippen molar-refractivity contribution >= 4 is 44.6 Å². The molecule has 1 heterocycles. The molecule has 3 nitrogen and oxygen atoms in total. The smallest absolute Gasteiger partial charge is 0.0497 e. The van der Waals surface area contributed by atoms with Gasteiger partial charge in [-0.1, -0.05) is 98.3 Å². The SMILES string of the molecule is CCCCc1cc(C(c2ccc(N(C)c3ccccc3)cc2)c2ccc(N(C)c3ccccc3)cc2)cc2c1[nH]c1ccccc12. The lowest BCUT2D eigenvalue weighted by Crippen LogP contribution is -2.11. The number of aromatic nitrogens is 1. The average Bonchev–Trinajstić information content (AvgIpc) is 3.50. The first-order chi connectivity index (χ1) is 22.6. The molecule has 0 saturated carbocycles. The van der Waals surface area contributed by atoms with E-state index in [1.807, 2.05) is 0 Å². The molecule has 0 spiro atoms. The van der Waals surface area contributed by atoms with E-state index in [-0.39, 0.29) is 5.92 Å². The third-order valence-electron chi connectivity index (χ3n) is 9.37. The van der Waals surface area contributed by atoms with Crippen molar-refractivity contribution in [2.75, 3.05) is 23.9 Å². The van der Waals surface area contributed by atoms with Crippen LogP contribution in [0.1, 0.15) is 47.9 Å². The maximum atomic E-state index is 3.76. The van der Waals surface area contributed by atoms with Crippen LogP contribution in [0.15, 0.2) is 146 Å². The highest BCUT2D eigenvalue weighted by Crippen LogP contribution is 2.39. The highest BCUT2D eigenvalue weighted by Gasteiger charge is 2.21. The van der Waals surface area contributed by atoms with Crippen molar-refractivity contribution in [3.8, 4) is 0 Å². The highest BCUT2D eigenvalue weighted by molar-refractivity contribution is 6.08. The van der Waals surface area contributed by atoms with Gasteiger partial charge in [0.15, 0.2) is 0 Å². The Balaban J connectivity index is 1.35. The van der Waals surface area contributed by atoms with Crippen LogP contribution in [-0.4, -0.2) is 19.1 Å². The Morgan fingerprint density at radius 1 is 0.522 bits per heavy atom. The van der Waals surface area contributed by atoms with Gasteiger partial charge in [-0.3, -0.25) is 0 Å². The Bertz CT molecular complexity index is 1950. The van der Waals surface area contributed by atoms with Crippen LogP contribution in [0.3, 0.4) is 0 Å². The van der Waals surface area contributed by atoms with Gasteiger partial charge in [-0.2, -0.15) is 0 Å². The van der Waals surface area contributed by atoms with Crippen LogP contribution in [0.2, 0.25) is 0 Å². The number of nitrogens with one attached hydrogen (secondary N) is 1. The first kappa shape index (κ1) is 29.4. The first-order valence-corrected chi connectivity index (χ1v) is 16.4. The molecule has 6 aromatic carbocycles. The second-order valence-electron chi connectivity index (χ2n) is 12.3. The molecule has 228 valence electrons. The number of unbranched alkanes of at least 4 members (excludes halogenated alkanes) is 1. The van der Waals surface area contributed by atoms with Crippen LogP contribution in [0.25, 0.3) is 21.8 Å². The summed E-state index contributed by atoms with van der Waals surface area (Å²) in [5, 5.41) is 2.60. The number of aryl methyl sites for hydroxylation is 1. The van der Waals surface area contributed by atoms with Gasteiger partial charge in [0.25, 0.3) is 0 Å². The third-order valence-corrected chi connectivity index (χ3v) is 9.37. The molecule has 1 N–H and O–H groups in total. The van der Waals surface area contributed by atoms with Gasteiger partial charge in [-0.15, -0.1) is 0 Å².